The average Bonchev–Trinajstić information content (AvgIpc) is 3.07. The molecule has 25 heavy (non-hydrogen) atoms. The van der Waals surface area contributed by atoms with E-state index in [2.05, 4.69) is 24.1 Å². The van der Waals surface area contributed by atoms with Crippen molar-refractivity contribution in [2.45, 2.75) is 60.1 Å². The van der Waals surface area contributed by atoms with E-state index in [0.717, 1.165) is 17.2 Å². The third-order valence-electron chi connectivity index (χ3n) is 3.04. The van der Waals surface area contributed by atoms with Gasteiger partial charge in [0.2, 0.25) is 0 Å². The Morgan fingerprint density at radius 1 is 1.16 bits per heavy atom. The third-order valence-corrected chi connectivity index (χ3v) is 3.97. The minimum absolute atomic E-state index is 0.280. The van der Waals surface area contributed by atoms with Crippen LogP contribution < -0.4 is 10.1 Å². The first kappa shape index (κ1) is 23.6. The van der Waals surface area contributed by atoms with Gasteiger partial charge in [-0.2, -0.15) is 0 Å². The lowest BCUT2D eigenvalue weighted by atomic mass is 10.2. The van der Waals surface area contributed by atoms with Crippen LogP contribution in [0.4, 0.5) is 0 Å². The molecule has 2 N–H and O–H groups in total. The molecule has 0 aliphatic rings. The zero-order chi connectivity index (χ0) is 19.1. The molecule has 0 aliphatic heterocycles. The van der Waals surface area contributed by atoms with Crippen molar-refractivity contribution < 1.29 is 9.84 Å². The molecule has 1 aromatic carbocycles. The molecule has 1 aromatic heterocycles. The Labute approximate surface area is 157 Å². The molecule has 2 atom stereocenters. The van der Waals surface area contributed by atoms with Crippen LogP contribution in [-0.2, 0) is 6.42 Å². The van der Waals surface area contributed by atoms with Gasteiger partial charge in [0.1, 0.15) is 18.5 Å². The van der Waals surface area contributed by atoms with Crippen molar-refractivity contribution in [3.8, 4) is 5.75 Å². The number of thiazole rings is 1. The minimum Gasteiger partial charge on any atom is -0.491 e. The zero-order valence-electron chi connectivity index (χ0n) is 16.5. The van der Waals surface area contributed by atoms with E-state index in [1.165, 1.54) is 4.88 Å². The topological polar surface area (TPSA) is 54.4 Å². The van der Waals surface area contributed by atoms with Crippen LogP contribution in [0.3, 0.4) is 0 Å². The van der Waals surface area contributed by atoms with Crippen LogP contribution in [-0.4, -0.2) is 35.4 Å². The Bertz CT molecular complexity index is 532. The predicted octanol–water partition coefficient (Wildman–Crippen LogP) is 4.46. The Morgan fingerprint density at radius 3 is 2.36 bits per heavy atom. The van der Waals surface area contributed by atoms with Gasteiger partial charge in [0, 0.05) is 30.1 Å². The molecule has 2 unspecified atom stereocenters. The number of ether oxygens (including phenoxy) is 1. The Balaban J connectivity index is 0.00000134. The smallest absolute Gasteiger partial charge is 0.119 e. The van der Waals surface area contributed by atoms with E-state index in [1.807, 2.05) is 64.2 Å². The van der Waals surface area contributed by atoms with Crippen LogP contribution in [0.5, 0.6) is 5.75 Å². The van der Waals surface area contributed by atoms with Crippen molar-refractivity contribution in [2.24, 2.45) is 0 Å². The van der Waals surface area contributed by atoms with Crippen molar-refractivity contribution in [3.05, 3.63) is 46.4 Å². The third kappa shape index (κ3) is 10.9. The first-order chi connectivity index (χ1) is 12.1. The summed E-state index contributed by atoms with van der Waals surface area (Å²) in [4.78, 5) is 5.58. The van der Waals surface area contributed by atoms with Crippen molar-refractivity contribution >= 4 is 11.3 Å². The number of aromatic nitrogens is 1. The van der Waals surface area contributed by atoms with Gasteiger partial charge in [-0.15, -0.1) is 11.3 Å². The molecule has 142 valence electrons. The minimum atomic E-state index is -0.523. The highest BCUT2D eigenvalue weighted by atomic mass is 32.1. The first-order valence-corrected chi connectivity index (χ1v) is 9.95. The van der Waals surface area contributed by atoms with Gasteiger partial charge in [0.05, 0.1) is 5.01 Å². The molecule has 2 aromatic rings. The molecule has 0 saturated heterocycles. The number of rotatable bonds is 8. The van der Waals surface area contributed by atoms with E-state index in [1.54, 1.807) is 11.3 Å². The summed E-state index contributed by atoms with van der Waals surface area (Å²) >= 11 is 1.72. The highest BCUT2D eigenvalue weighted by Crippen LogP contribution is 2.13. The lowest BCUT2D eigenvalue weighted by molar-refractivity contribution is 0.104. The number of para-hydroxylation sites is 1. The summed E-state index contributed by atoms with van der Waals surface area (Å²) in [5.41, 5.74) is 0. The van der Waals surface area contributed by atoms with Gasteiger partial charge < -0.3 is 15.2 Å². The fourth-order valence-electron chi connectivity index (χ4n) is 1.94. The molecular weight excluding hydrogens is 332 g/mol. The van der Waals surface area contributed by atoms with Gasteiger partial charge in [0.15, 0.2) is 0 Å². The van der Waals surface area contributed by atoms with Crippen LogP contribution in [0.15, 0.2) is 36.5 Å². The summed E-state index contributed by atoms with van der Waals surface area (Å²) in [7, 11) is 0. The van der Waals surface area contributed by atoms with Crippen LogP contribution in [0, 0.1) is 6.92 Å². The molecule has 4 nitrogen and oxygen atoms in total. The lowest BCUT2D eigenvalue weighted by Crippen LogP contribution is -2.37. The van der Waals surface area contributed by atoms with Gasteiger partial charge in [0.25, 0.3) is 0 Å². The maximum atomic E-state index is 9.93. The summed E-state index contributed by atoms with van der Waals surface area (Å²) in [6, 6.07) is 9.81. The van der Waals surface area contributed by atoms with Crippen LogP contribution in [0.25, 0.3) is 0 Å². The number of hydrogen-bond donors (Lipinski definition) is 2. The molecule has 0 radical (unpaired) electrons. The molecule has 0 aliphatic carbocycles. The van der Waals surface area contributed by atoms with Crippen LogP contribution >= 0.6 is 11.3 Å². The second-order valence-corrected chi connectivity index (χ2v) is 6.48. The summed E-state index contributed by atoms with van der Waals surface area (Å²) in [5, 5.41) is 14.4. The zero-order valence-corrected chi connectivity index (χ0v) is 17.3. The van der Waals surface area contributed by atoms with Gasteiger partial charge in [-0.3, -0.25) is 0 Å². The van der Waals surface area contributed by atoms with E-state index >= 15 is 0 Å². The first-order valence-electron chi connectivity index (χ1n) is 9.14. The lowest BCUT2D eigenvalue weighted by Gasteiger charge is -2.17. The molecule has 0 spiro atoms. The van der Waals surface area contributed by atoms with E-state index in [4.69, 9.17) is 4.74 Å². The molecule has 1 heterocycles. The summed E-state index contributed by atoms with van der Waals surface area (Å²) in [6.45, 7) is 13.0. The average molecular weight is 367 g/mol. The van der Waals surface area contributed by atoms with Crippen molar-refractivity contribution in [1.29, 1.82) is 0 Å². The van der Waals surface area contributed by atoms with Crippen molar-refractivity contribution in [1.82, 2.24) is 10.3 Å². The molecule has 0 saturated carbocycles. The van der Waals surface area contributed by atoms with Gasteiger partial charge >= 0.3 is 0 Å². The second kappa shape index (κ2) is 14.9. The summed E-state index contributed by atoms with van der Waals surface area (Å²) in [6.07, 6.45) is 2.26. The number of nitrogens with one attached hydrogen (secondary N) is 1. The molecule has 0 amide bonds. The highest BCUT2D eigenvalue weighted by Gasteiger charge is 2.10. The monoisotopic (exact) mass is 366 g/mol. The van der Waals surface area contributed by atoms with E-state index < -0.39 is 6.10 Å². The molecular formula is C20H34N2O2S. The van der Waals surface area contributed by atoms with Crippen LogP contribution in [0.2, 0.25) is 0 Å². The molecule has 0 fully saturated rings. The van der Waals surface area contributed by atoms with E-state index in [-0.39, 0.29) is 6.04 Å². The van der Waals surface area contributed by atoms with Crippen molar-refractivity contribution in [3.63, 3.8) is 0 Å². The quantitative estimate of drug-likeness (QED) is 0.724. The SMILES string of the molecule is CC.CC.Cc1cnc(CC(C)NCC(O)COc2ccccc2)s1. The van der Waals surface area contributed by atoms with Gasteiger partial charge in [-0.05, 0) is 26.0 Å². The molecule has 2 rings (SSSR count). The number of aliphatic hydroxyl groups is 1. The van der Waals surface area contributed by atoms with Crippen molar-refractivity contribution in [2.75, 3.05) is 13.2 Å². The Morgan fingerprint density at radius 2 is 1.80 bits per heavy atom. The fourth-order valence-corrected chi connectivity index (χ4v) is 2.85. The Hall–Kier alpha value is -1.43. The fraction of sp³-hybridized carbons (Fsp3) is 0.550. The highest BCUT2D eigenvalue weighted by molar-refractivity contribution is 7.11. The van der Waals surface area contributed by atoms with Gasteiger partial charge in [-0.1, -0.05) is 45.9 Å². The molecule has 5 heteroatoms. The normalized spacial score (nSPS) is 12.1. The predicted molar refractivity (Wildman–Crippen MR) is 109 cm³/mol. The number of nitrogens with zero attached hydrogens (tertiary/aromatic N) is 1. The number of aryl methyl sites for hydroxylation is 1. The summed E-state index contributed by atoms with van der Waals surface area (Å²) < 4.78 is 5.52. The van der Waals surface area contributed by atoms with Gasteiger partial charge in [-0.25, -0.2) is 4.98 Å². The number of hydrogen-bond acceptors (Lipinski definition) is 5. The van der Waals surface area contributed by atoms with E-state index in [0.29, 0.717) is 13.2 Å². The van der Waals surface area contributed by atoms with Crippen LogP contribution in [0.1, 0.15) is 44.5 Å². The summed E-state index contributed by atoms with van der Waals surface area (Å²) in [5.74, 6) is 0.780. The van der Waals surface area contributed by atoms with E-state index in [9.17, 15) is 5.11 Å². The largest absolute Gasteiger partial charge is 0.491 e. The standard InChI is InChI=1S/C16H22N2O2S.2C2H6/c1-12(8-16-18-9-13(2)21-16)17-10-14(19)11-20-15-6-4-3-5-7-15;2*1-2/h3-7,9,12,14,17,19H,8,10-11H2,1-2H3;2*1-2H3. The second-order valence-electron chi connectivity index (χ2n) is 5.16. The molecule has 0 bridgehead atoms. The number of benzene rings is 1. The Kier molecular flexibility index (Phi) is 14.0. The maximum absolute atomic E-state index is 9.93. The number of aliphatic hydroxyl groups excluding tert-OH is 1. The maximum Gasteiger partial charge on any atom is 0.119 e.